The van der Waals surface area contributed by atoms with Gasteiger partial charge in [0, 0.05) is 4.47 Å². The number of benzene rings is 2. The van der Waals surface area contributed by atoms with Gasteiger partial charge < -0.3 is 0 Å². The van der Waals surface area contributed by atoms with Crippen molar-refractivity contribution in [3.8, 4) is 0 Å². The second kappa shape index (κ2) is 2.94. The Morgan fingerprint density at radius 1 is 0.917 bits per heavy atom. The molecule has 2 aromatic carbocycles. The van der Waals surface area contributed by atoms with E-state index >= 15 is 0 Å². The van der Waals surface area contributed by atoms with E-state index in [0.29, 0.717) is 0 Å². The fraction of sp³-hybridized carbons (Fsp3) is 0. The zero-order valence-electron chi connectivity index (χ0n) is 6.84. The number of hydrogen-bond acceptors (Lipinski definition) is 0. The van der Waals surface area contributed by atoms with Crippen LogP contribution in [0.4, 0.5) is 0 Å². The van der Waals surface area contributed by atoms with Gasteiger partial charge >= 0.3 is 0 Å². The van der Waals surface area contributed by atoms with Gasteiger partial charge in [-0.15, -0.1) is 0 Å². The lowest BCUT2D eigenvalue weighted by atomic mass is 9.94. The zero-order chi connectivity index (χ0) is 8.55. The van der Waals surface area contributed by atoms with Crippen molar-refractivity contribution in [2.75, 3.05) is 0 Å². The van der Waals surface area contributed by atoms with Crippen LogP contribution >= 0.6 is 15.9 Å². The van der Waals surface area contributed by atoms with Gasteiger partial charge in [0.25, 0.3) is 0 Å². The minimum absolute atomic E-state index is 1.14. The molecule has 0 saturated carbocycles. The predicted molar refractivity (Wildman–Crippen MR) is 59.8 cm³/mol. The summed E-state index contributed by atoms with van der Waals surface area (Å²) in [6.07, 6.45) is 0. The van der Waals surface area contributed by atoms with Crippen LogP contribution in [0.25, 0.3) is 10.8 Å². The van der Waals surface area contributed by atoms with Crippen molar-refractivity contribution in [1.82, 2.24) is 0 Å². The molecule has 0 atom stereocenters. The monoisotopic (exact) mass is 218 g/mol. The van der Waals surface area contributed by atoms with E-state index in [2.05, 4.69) is 60.2 Å². The highest BCUT2D eigenvalue weighted by molar-refractivity contribution is 9.10. The molecule has 0 radical (unpaired) electrons. The van der Waals surface area contributed by atoms with E-state index in [0.717, 1.165) is 4.47 Å². The first-order chi connectivity index (χ1) is 5.75. The quantitative estimate of drug-likeness (QED) is 0.593. The molecule has 0 unspecified atom stereocenters. The Morgan fingerprint density at radius 3 is 2.42 bits per heavy atom. The highest BCUT2D eigenvalue weighted by Crippen LogP contribution is 2.18. The summed E-state index contributed by atoms with van der Waals surface area (Å²) in [5, 5.41) is 2.59. The lowest BCUT2D eigenvalue weighted by molar-refractivity contribution is 1.72. The minimum Gasteiger partial charge on any atom is -0.0883 e. The molecule has 2 aromatic rings. The topological polar surface area (TPSA) is 0 Å². The Bertz CT molecular complexity index is 382. The molecule has 0 fully saturated rings. The second-order valence-corrected chi connectivity index (χ2v) is 3.91. The number of hydrogen-bond donors (Lipinski definition) is 0. The smallest absolute Gasteiger partial charge is 0.0883 e. The molecule has 2 heteroatoms. The molecule has 0 heterocycles. The van der Waals surface area contributed by atoms with Gasteiger partial charge in [0.2, 0.25) is 0 Å². The lowest BCUT2D eigenvalue weighted by Crippen LogP contribution is -1.99. The third kappa shape index (κ3) is 1.39. The number of fused-ring (bicyclic) bond motifs is 1. The van der Waals surface area contributed by atoms with E-state index in [1.54, 1.807) is 0 Å². The van der Waals surface area contributed by atoms with Crippen LogP contribution in [-0.2, 0) is 0 Å². The lowest BCUT2D eigenvalue weighted by Gasteiger charge is -1.99. The van der Waals surface area contributed by atoms with E-state index in [9.17, 15) is 0 Å². The van der Waals surface area contributed by atoms with Gasteiger partial charge in [0.1, 0.15) is 7.85 Å². The average molecular weight is 219 g/mol. The van der Waals surface area contributed by atoms with E-state index in [1.165, 1.54) is 16.2 Å². The Hall–Kier alpha value is -0.755. The van der Waals surface area contributed by atoms with Crippen LogP contribution in [0.5, 0.6) is 0 Å². The fourth-order valence-corrected chi connectivity index (χ4v) is 1.71. The Balaban J connectivity index is 2.79. The molecule has 0 aliphatic rings. The Kier molecular flexibility index (Phi) is 1.93. The van der Waals surface area contributed by atoms with Crippen LogP contribution in [-0.4, -0.2) is 7.85 Å². The van der Waals surface area contributed by atoms with E-state index in [1.807, 2.05) is 0 Å². The summed E-state index contributed by atoms with van der Waals surface area (Å²) in [6, 6.07) is 12.8. The minimum atomic E-state index is 1.14. The normalized spacial score (nSPS) is 10.4. The van der Waals surface area contributed by atoms with Crippen LogP contribution in [0.3, 0.4) is 0 Å². The highest BCUT2D eigenvalue weighted by atomic mass is 79.9. The summed E-state index contributed by atoms with van der Waals surface area (Å²) < 4.78 is 1.14. The molecule has 0 spiro atoms. The van der Waals surface area contributed by atoms with Crippen molar-refractivity contribution in [2.24, 2.45) is 0 Å². The van der Waals surface area contributed by atoms with Crippen LogP contribution < -0.4 is 5.46 Å². The summed E-state index contributed by atoms with van der Waals surface area (Å²) in [5.74, 6) is 0. The maximum absolute atomic E-state index is 3.45. The maximum Gasteiger partial charge on any atom is 0.139 e. The van der Waals surface area contributed by atoms with Crippen LogP contribution in [0.2, 0.25) is 0 Å². The van der Waals surface area contributed by atoms with Gasteiger partial charge in [-0.05, 0) is 22.9 Å². The van der Waals surface area contributed by atoms with Crippen molar-refractivity contribution in [1.29, 1.82) is 0 Å². The van der Waals surface area contributed by atoms with Crippen LogP contribution in [0.1, 0.15) is 0 Å². The van der Waals surface area contributed by atoms with Crippen molar-refractivity contribution in [2.45, 2.75) is 0 Å². The molecular weight excluding hydrogens is 211 g/mol. The molecular formula is C10H8BBr. The van der Waals surface area contributed by atoms with Gasteiger partial charge in [-0.25, -0.2) is 0 Å². The van der Waals surface area contributed by atoms with Crippen molar-refractivity contribution >= 4 is 40.0 Å². The zero-order valence-corrected chi connectivity index (χ0v) is 8.43. The molecule has 0 amide bonds. The standard InChI is InChI=1S/C10H8BBr/c11-9-3-1-8-6-10(12)4-2-7(8)5-9/h1-6H,11H2. The first-order valence-electron chi connectivity index (χ1n) is 3.92. The van der Waals surface area contributed by atoms with Crippen LogP contribution in [0, 0.1) is 0 Å². The van der Waals surface area contributed by atoms with Gasteiger partial charge in [0.05, 0.1) is 0 Å². The molecule has 0 bridgehead atoms. The summed E-state index contributed by atoms with van der Waals surface area (Å²) in [7, 11) is 2.11. The SMILES string of the molecule is Bc1ccc2cc(Br)ccc2c1. The third-order valence-electron chi connectivity index (χ3n) is 1.96. The van der Waals surface area contributed by atoms with Crippen molar-refractivity contribution in [3.63, 3.8) is 0 Å². The molecule has 12 heavy (non-hydrogen) atoms. The molecule has 0 N–H and O–H groups in total. The second-order valence-electron chi connectivity index (χ2n) is 2.99. The predicted octanol–water partition coefficient (Wildman–Crippen LogP) is 1.86. The summed E-state index contributed by atoms with van der Waals surface area (Å²) in [6.45, 7) is 0. The number of rotatable bonds is 0. The molecule has 0 aromatic heterocycles. The van der Waals surface area contributed by atoms with E-state index < -0.39 is 0 Å². The molecule has 58 valence electrons. The first kappa shape index (κ1) is 7.87. The largest absolute Gasteiger partial charge is 0.139 e. The summed E-state index contributed by atoms with van der Waals surface area (Å²) >= 11 is 3.45. The Labute approximate surface area is 81.1 Å². The molecule has 0 nitrogen and oxygen atoms in total. The Morgan fingerprint density at radius 2 is 1.58 bits per heavy atom. The average Bonchev–Trinajstić information content (AvgIpc) is 2.05. The highest BCUT2D eigenvalue weighted by Gasteiger charge is 1.93. The fourth-order valence-electron chi connectivity index (χ4n) is 1.34. The van der Waals surface area contributed by atoms with Gasteiger partial charge in [0.15, 0.2) is 0 Å². The molecule has 0 aliphatic carbocycles. The van der Waals surface area contributed by atoms with Gasteiger partial charge in [-0.1, -0.05) is 45.7 Å². The molecule has 2 rings (SSSR count). The molecule has 0 aliphatic heterocycles. The van der Waals surface area contributed by atoms with E-state index in [4.69, 9.17) is 0 Å². The summed E-state index contributed by atoms with van der Waals surface area (Å²) in [4.78, 5) is 0. The maximum atomic E-state index is 3.45. The van der Waals surface area contributed by atoms with Gasteiger partial charge in [-0.3, -0.25) is 0 Å². The van der Waals surface area contributed by atoms with Crippen molar-refractivity contribution < 1.29 is 0 Å². The molecule has 0 saturated heterocycles. The van der Waals surface area contributed by atoms with Gasteiger partial charge in [-0.2, -0.15) is 0 Å². The summed E-state index contributed by atoms with van der Waals surface area (Å²) in [5.41, 5.74) is 1.31. The van der Waals surface area contributed by atoms with E-state index in [-0.39, 0.29) is 0 Å². The van der Waals surface area contributed by atoms with Crippen molar-refractivity contribution in [3.05, 3.63) is 40.9 Å². The first-order valence-corrected chi connectivity index (χ1v) is 4.71. The third-order valence-corrected chi connectivity index (χ3v) is 2.45. The number of halogens is 1. The van der Waals surface area contributed by atoms with Crippen LogP contribution in [0.15, 0.2) is 40.9 Å².